The van der Waals surface area contributed by atoms with E-state index in [1.165, 1.54) is 16.7 Å². The molecule has 0 heterocycles. The molecular weight excluding hydrogens is 282 g/mol. The van der Waals surface area contributed by atoms with Gasteiger partial charge >= 0.3 is 0 Å². The van der Waals surface area contributed by atoms with Crippen LogP contribution in [0.15, 0.2) is 42.5 Å². The van der Waals surface area contributed by atoms with Crippen LogP contribution in [-0.2, 0) is 6.42 Å². The van der Waals surface area contributed by atoms with E-state index in [2.05, 4.69) is 36.5 Å². The van der Waals surface area contributed by atoms with Crippen molar-refractivity contribution < 1.29 is 4.74 Å². The monoisotopic (exact) mass is 301 g/mol. The highest BCUT2D eigenvalue weighted by Crippen LogP contribution is 2.32. The molecule has 1 aliphatic carbocycles. The van der Waals surface area contributed by atoms with Crippen molar-refractivity contribution >= 4 is 11.6 Å². The van der Waals surface area contributed by atoms with E-state index in [0.717, 1.165) is 30.2 Å². The first-order chi connectivity index (χ1) is 10.2. The van der Waals surface area contributed by atoms with E-state index in [9.17, 15) is 0 Å². The third-order valence-electron chi connectivity index (χ3n) is 3.93. The first-order valence-electron chi connectivity index (χ1n) is 7.43. The van der Waals surface area contributed by atoms with Crippen LogP contribution in [0, 0.1) is 6.92 Å². The molecule has 2 nitrogen and oxygen atoms in total. The summed E-state index contributed by atoms with van der Waals surface area (Å²) < 4.78 is 5.77. The highest BCUT2D eigenvalue weighted by Gasteiger charge is 2.21. The summed E-state index contributed by atoms with van der Waals surface area (Å²) in [7, 11) is 0. The lowest BCUT2D eigenvalue weighted by molar-refractivity contribution is 0.305. The molecule has 0 spiro atoms. The molecule has 1 aliphatic rings. The topological polar surface area (TPSA) is 21.3 Å². The second-order valence-corrected chi connectivity index (χ2v) is 5.99. The Morgan fingerprint density at radius 1 is 1.24 bits per heavy atom. The number of benzene rings is 2. The molecule has 0 aliphatic heterocycles. The Labute approximate surface area is 131 Å². The first kappa shape index (κ1) is 14.4. The van der Waals surface area contributed by atoms with Crippen molar-refractivity contribution in [3.05, 3.63) is 64.2 Å². The van der Waals surface area contributed by atoms with Crippen LogP contribution >= 0.6 is 11.6 Å². The van der Waals surface area contributed by atoms with Gasteiger partial charge in [-0.2, -0.15) is 0 Å². The minimum Gasteiger partial charge on any atom is -0.492 e. The zero-order valence-electron chi connectivity index (χ0n) is 12.2. The summed E-state index contributed by atoms with van der Waals surface area (Å²) >= 11 is 6.04. The fourth-order valence-corrected chi connectivity index (χ4v) is 3.10. The fourth-order valence-electron chi connectivity index (χ4n) is 2.91. The molecule has 1 N–H and O–H groups in total. The number of fused-ring (bicyclic) bond motifs is 1. The fraction of sp³-hybridized carbons (Fsp3) is 0.333. The Hall–Kier alpha value is -1.51. The number of aryl methyl sites for hydroxylation is 2. The second kappa shape index (κ2) is 6.50. The van der Waals surface area contributed by atoms with Crippen molar-refractivity contribution in [1.82, 2.24) is 5.32 Å². The number of hydrogen-bond donors (Lipinski definition) is 1. The summed E-state index contributed by atoms with van der Waals surface area (Å²) in [4.78, 5) is 0. The quantitative estimate of drug-likeness (QED) is 0.831. The van der Waals surface area contributed by atoms with Gasteiger partial charge in [0.25, 0.3) is 0 Å². The molecule has 3 heteroatoms. The Bertz CT molecular complexity index is 626. The van der Waals surface area contributed by atoms with Crippen LogP contribution in [-0.4, -0.2) is 13.2 Å². The highest BCUT2D eigenvalue weighted by atomic mass is 35.5. The van der Waals surface area contributed by atoms with Crippen LogP contribution in [0.4, 0.5) is 0 Å². The number of ether oxygens (including phenoxy) is 1. The molecule has 0 saturated carbocycles. The average Bonchev–Trinajstić information content (AvgIpc) is 2.86. The van der Waals surface area contributed by atoms with Crippen LogP contribution in [0.3, 0.4) is 0 Å². The largest absolute Gasteiger partial charge is 0.492 e. The number of nitrogens with one attached hydrogen (secondary N) is 1. The summed E-state index contributed by atoms with van der Waals surface area (Å²) in [5.74, 6) is 0.940. The van der Waals surface area contributed by atoms with Crippen LogP contribution in [0.5, 0.6) is 5.75 Å². The van der Waals surface area contributed by atoms with Gasteiger partial charge in [0.2, 0.25) is 0 Å². The lowest BCUT2D eigenvalue weighted by atomic mass is 10.1. The molecule has 110 valence electrons. The maximum Gasteiger partial charge on any atom is 0.119 e. The second-order valence-electron chi connectivity index (χ2n) is 5.55. The molecule has 0 amide bonds. The summed E-state index contributed by atoms with van der Waals surface area (Å²) in [6.45, 7) is 3.61. The molecule has 1 atom stereocenters. The van der Waals surface area contributed by atoms with E-state index in [1.807, 2.05) is 18.2 Å². The van der Waals surface area contributed by atoms with Gasteiger partial charge in [0, 0.05) is 17.6 Å². The lowest BCUT2D eigenvalue weighted by Crippen LogP contribution is -2.24. The standard InChI is InChI=1S/C18H20ClNO/c1-13-3-2-4-16(11-13)21-10-9-20-18-8-5-14-12-15(19)6-7-17(14)18/h2-4,6-7,11-12,18,20H,5,8-10H2,1H3. The summed E-state index contributed by atoms with van der Waals surface area (Å²) in [5, 5.41) is 4.40. The van der Waals surface area contributed by atoms with Crippen LogP contribution in [0.25, 0.3) is 0 Å². The molecule has 21 heavy (non-hydrogen) atoms. The zero-order valence-corrected chi connectivity index (χ0v) is 13.0. The van der Waals surface area contributed by atoms with Crippen molar-refractivity contribution in [3.63, 3.8) is 0 Å². The average molecular weight is 302 g/mol. The predicted molar refractivity (Wildman–Crippen MR) is 87.2 cm³/mol. The van der Waals surface area contributed by atoms with Crippen molar-refractivity contribution in [2.24, 2.45) is 0 Å². The molecule has 0 radical (unpaired) electrons. The van der Waals surface area contributed by atoms with Crippen molar-refractivity contribution in [2.75, 3.05) is 13.2 Å². The van der Waals surface area contributed by atoms with Gasteiger partial charge in [-0.05, 0) is 60.7 Å². The van der Waals surface area contributed by atoms with Crippen LogP contribution in [0.1, 0.15) is 29.2 Å². The minimum absolute atomic E-state index is 0.429. The molecule has 0 aromatic heterocycles. The molecule has 2 aromatic carbocycles. The van der Waals surface area contributed by atoms with Gasteiger partial charge in [-0.15, -0.1) is 0 Å². The Morgan fingerprint density at radius 2 is 2.14 bits per heavy atom. The Balaban J connectivity index is 1.49. The van der Waals surface area contributed by atoms with E-state index >= 15 is 0 Å². The maximum absolute atomic E-state index is 6.04. The van der Waals surface area contributed by atoms with Crippen molar-refractivity contribution in [3.8, 4) is 5.75 Å². The molecular formula is C18H20ClNO. The maximum atomic E-state index is 6.04. The summed E-state index contributed by atoms with van der Waals surface area (Å²) in [5.41, 5.74) is 3.98. The molecule has 1 unspecified atom stereocenters. The summed E-state index contributed by atoms with van der Waals surface area (Å²) in [6.07, 6.45) is 2.24. The van der Waals surface area contributed by atoms with Crippen LogP contribution < -0.4 is 10.1 Å². The Kier molecular flexibility index (Phi) is 4.47. The molecule has 0 bridgehead atoms. The van der Waals surface area contributed by atoms with Gasteiger partial charge in [-0.3, -0.25) is 0 Å². The lowest BCUT2D eigenvalue weighted by Gasteiger charge is -2.14. The van der Waals surface area contributed by atoms with Gasteiger partial charge < -0.3 is 10.1 Å². The van der Waals surface area contributed by atoms with Gasteiger partial charge in [-0.1, -0.05) is 29.8 Å². The smallest absolute Gasteiger partial charge is 0.119 e. The third-order valence-corrected chi connectivity index (χ3v) is 4.17. The van der Waals surface area contributed by atoms with E-state index in [4.69, 9.17) is 16.3 Å². The third kappa shape index (κ3) is 3.58. The van der Waals surface area contributed by atoms with E-state index in [-0.39, 0.29) is 0 Å². The predicted octanol–water partition coefficient (Wildman–Crippen LogP) is 4.30. The van der Waals surface area contributed by atoms with Gasteiger partial charge in [-0.25, -0.2) is 0 Å². The normalized spacial score (nSPS) is 16.8. The Morgan fingerprint density at radius 3 is 3.00 bits per heavy atom. The van der Waals surface area contributed by atoms with Gasteiger partial charge in [0.1, 0.15) is 12.4 Å². The molecule has 2 aromatic rings. The highest BCUT2D eigenvalue weighted by molar-refractivity contribution is 6.30. The SMILES string of the molecule is Cc1cccc(OCCNC2CCc3cc(Cl)ccc32)c1. The van der Waals surface area contributed by atoms with E-state index in [1.54, 1.807) is 0 Å². The van der Waals surface area contributed by atoms with Crippen molar-refractivity contribution in [2.45, 2.75) is 25.8 Å². The molecule has 0 fully saturated rings. The number of halogens is 1. The van der Waals surface area contributed by atoms with Gasteiger partial charge in [0.05, 0.1) is 0 Å². The van der Waals surface area contributed by atoms with Crippen LogP contribution in [0.2, 0.25) is 5.02 Å². The van der Waals surface area contributed by atoms with E-state index < -0.39 is 0 Å². The van der Waals surface area contributed by atoms with Crippen molar-refractivity contribution in [1.29, 1.82) is 0 Å². The summed E-state index contributed by atoms with van der Waals surface area (Å²) in [6, 6.07) is 14.8. The first-order valence-corrected chi connectivity index (χ1v) is 7.81. The zero-order chi connectivity index (χ0) is 14.7. The number of hydrogen-bond acceptors (Lipinski definition) is 2. The van der Waals surface area contributed by atoms with E-state index in [0.29, 0.717) is 12.6 Å². The van der Waals surface area contributed by atoms with Gasteiger partial charge in [0.15, 0.2) is 0 Å². The number of rotatable bonds is 5. The minimum atomic E-state index is 0.429. The molecule has 0 saturated heterocycles. The molecule has 3 rings (SSSR count).